The summed E-state index contributed by atoms with van der Waals surface area (Å²) in [4.78, 5) is 16.8. The quantitative estimate of drug-likeness (QED) is 0.628. The summed E-state index contributed by atoms with van der Waals surface area (Å²) in [6.07, 6.45) is 4.40. The SMILES string of the molecule is CN/C(=C\C=N)NC(=O)c1ccc2cc(-c3ccccc3)cnc2c1. The summed E-state index contributed by atoms with van der Waals surface area (Å²) in [7, 11) is 1.68. The van der Waals surface area contributed by atoms with Crippen molar-refractivity contribution in [2.75, 3.05) is 7.05 Å². The van der Waals surface area contributed by atoms with Gasteiger partial charge in [-0.25, -0.2) is 0 Å². The van der Waals surface area contributed by atoms with Gasteiger partial charge in [0.2, 0.25) is 0 Å². The molecule has 124 valence electrons. The van der Waals surface area contributed by atoms with Gasteiger partial charge in [0, 0.05) is 36.0 Å². The minimum Gasteiger partial charge on any atom is -0.375 e. The lowest BCUT2D eigenvalue weighted by molar-refractivity contribution is 0.0964. The summed E-state index contributed by atoms with van der Waals surface area (Å²) in [6.45, 7) is 0. The molecular formula is C20H18N4O. The molecule has 1 amide bonds. The number of carbonyl (C=O) groups excluding carboxylic acids is 1. The third-order valence-electron chi connectivity index (χ3n) is 3.82. The van der Waals surface area contributed by atoms with Crippen LogP contribution < -0.4 is 10.6 Å². The molecule has 0 atom stereocenters. The second-order valence-electron chi connectivity index (χ2n) is 5.45. The van der Waals surface area contributed by atoms with Gasteiger partial charge in [-0.15, -0.1) is 0 Å². The van der Waals surface area contributed by atoms with Crippen molar-refractivity contribution in [3.8, 4) is 11.1 Å². The van der Waals surface area contributed by atoms with E-state index in [9.17, 15) is 4.79 Å². The number of nitrogens with zero attached hydrogens (tertiary/aromatic N) is 1. The molecule has 0 aliphatic carbocycles. The molecule has 3 rings (SSSR count). The standard InChI is InChI=1S/C20H18N4O/c1-22-19(9-10-21)24-20(25)16-8-7-15-11-17(13-23-18(15)12-16)14-5-3-2-4-6-14/h2-13,21-22H,1H3,(H,24,25)/b19-9+,21-10?. The number of amides is 1. The number of nitrogens with one attached hydrogen (secondary N) is 3. The lowest BCUT2D eigenvalue weighted by Gasteiger charge is -2.09. The third kappa shape index (κ3) is 3.72. The lowest BCUT2D eigenvalue weighted by Crippen LogP contribution is -2.29. The van der Waals surface area contributed by atoms with Gasteiger partial charge >= 0.3 is 0 Å². The molecule has 0 saturated carbocycles. The summed E-state index contributed by atoms with van der Waals surface area (Å²) < 4.78 is 0. The monoisotopic (exact) mass is 330 g/mol. The van der Waals surface area contributed by atoms with Gasteiger partial charge in [0.25, 0.3) is 5.91 Å². The molecule has 0 aliphatic heterocycles. The number of hydrogen-bond donors (Lipinski definition) is 3. The van der Waals surface area contributed by atoms with E-state index in [2.05, 4.69) is 21.7 Å². The predicted molar refractivity (Wildman–Crippen MR) is 101 cm³/mol. The second-order valence-corrected chi connectivity index (χ2v) is 5.45. The van der Waals surface area contributed by atoms with Crippen molar-refractivity contribution < 1.29 is 4.79 Å². The number of carbonyl (C=O) groups is 1. The van der Waals surface area contributed by atoms with Crippen LogP contribution in [0.2, 0.25) is 0 Å². The second kappa shape index (κ2) is 7.40. The van der Waals surface area contributed by atoms with Gasteiger partial charge in [-0.2, -0.15) is 0 Å². The van der Waals surface area contributed by atoms with Crippen LogP contribution in [0.4, 0.5) is 0 Å². The first-order chi connectivity index (χ1) is 12.2. The molecule has 0 saturated heterocycles. The molecule has 0 aliphatic rings. The van der Waals surface area contributed by atoms with Crippen molar-refractivity contribution in [2.24, 2.45) is 0 Å². The molecule has 1 aromatic heterocycles. The Labute approximate surface area is 145 Å². The number of fused-ring (bicyclic) bond motifs is 1. The maximum absolute atomic E-state index is 12.3. The zero-order chi connectivity index (χ0) is 17.6. The van der Waals surface area contributed by atoms with Crippen molar-refractivity contribution in [2.45, 2.75) is 0 Å². The molecule has 0 spiro atoms. The molecule has 1 heterocycles. The first kappa shape index (κ1) is 16.4. The predicted octanol–water partition coefficient (Wildman–Crippen LogP) is 3.34. The van der Waals surface area contributed by atoms with E-state index in [0.717, 1.165) is 28.2 Å². The van der Waals surface area contributed by atoms with E-state index < -0.39 is 0 Å². The largest absolute Gasteiger partial charge is 0.375 e. The summed E-state index contributed by atoms with van der Waals surface area (Å²) >= 11 is 0. The minimum absolute atomic E-state index is 0.252. The Morgan fingerprint density at radius 2 is 1.88 bits per heavy atom. The van der Waals surface area contributed by atoms with Gasteiger partial charge in [-0.05, 0) is 29.8 Å². The van der Waals surface area contributed by atoms with E-state index in [-0.39, 0.29) is 5.91 Å². The van der Waals surface area contributed by atoms with Crippen LogP contribution in [0.15, 0.2) is 72.7 Å². The Morgan fingerprint density at radius 1 is 1.08 bits per heavy atom. The number of rotatable bonds is 5. The van der Waals surface area contributed by atoms with Crippen LogP contribution in [-0.4, -0.2) is 24.2 Å². The van der Waals surface area contributed by atoms with Crippen LogP contribution in [0.1, 0.15) is 10.4 Å². The average molecular weight is 330 g/mol. The highest BCUT2D eigenvalue weighted by Gasteiger charge is 2.09. The number of aromatic nitrogens is 1. The lowest BCUT2D eigenvalue weighted by atomic mass is 10.0. The van der Waals surface area contributed by atoms with Crippen molar-refractivity contribution in [1.29, 1.82) is 5.41 Å². The Kier molecular flexibility index (Phi) is 4.85. The van der Waals surface area contributed by atoms with E-state index in [1.54, 1.807) is 19.2 Å². The zero-order valence-corrected chi connectivity index (χ0v) is 13.8. The highest BCUT2D eigenvalue weighted by molar-refractivity contribution is 5.99. The normalized spacial score (nSPS) is 11.2. The van der Waals surface area contributed by atoms with Crippen LogP contribution in [0.3, 0.4) is 0 Å². The minimum atomic E-state index is -0.252. The van der Waals surface area contributed by atoms with Crippen molar-refractivity contribution in [3.63, 3.8) is 0 Å². The first-order valence-corrected chi connectivity index (χ1v) is 7.86. The average Bonchev–Trinajstić information content (AvgIpc) is 2.67. The highest BCUT2D eigenvalue weighted by Crippen LogP contribution is 2.23. The van der Waals surface area contributed by atoms with Crippen LogP contribution in [-0.2, 0) is 0 Å². The van der Waals surface area contributed by atoms with E-state index >= 15 is 0 Å². The van der Waals surface area contributed by atoms with Gasteiger partial charge in [-0.1, -0.05) is 36.4 Å². The molecule has 5 nitrogen and oxygen atoms in total. The Bertz CT molecular complexity index is 948. The molecule has 0 radical (unpaired) electrons. The van der Waals surface area contributed by atoms with Crippen LogP contribution in [0.5, 0.6) is 0 Å². The first-order valence-electron chi connectivity index (χ1n) is 7.86. The maximum atomic E-state index is 12.3. The number of pyridine rings is 1. The highest BCUT2D eigenvalue weighted by atomic mass is 16.1. The summed E-state index contributed by atoms with van der Waals surface area (Å²) in [5.74, 6) is 0.214. The van der Waals surface area contributed by atoms with Crippen molar-refractivity contribution >= 4 is 23.0 Å². The van der Waals surface area contributed by atoms with Gasteiger partial charge in [0.15, 0.2) is 0 Å². The zero-order valence-electron chi connectivity index (χ0n) is 13.8. The Balaban J connectivity index is 1.89. The van der Waals surface area contributed by atoms with Crippen LogP contribution in [0.25, 0.3) is 22.0 Å². The maximum Gasteiger partial charge on any atom is 0.256 e. The van der Waals surface area contributed by atoms with E-state index in [1.165, 1.54) is 6.08 Å². The van der Waals surface area contributed by atoms with E-state index in [1.807, 2.05) is 42.6 Å². The van der Waals surface area contributed by atoms with Crippen molar-refractivity contribution in [3.05, 3.63) is 78.3 Å². The molecule has 3 N–H and O–H groups in total. The Morgan fingerprint density at radius 3 is 2.60 bits per heavy atom. The molecular weight excluding hydrogens is 312 g/mol. The van der Waals surface area contributed by atoms with Gasteiger partial charge in [0.05, 0.1) is 5.52 Å². The van der Waals surface area contributed by atoms with Gasteiger partial charge in [-0.3, -0.25) is 9.78 Å². The number of benzene rings is 2. The van der Waals surface area contributed by atoms with Gasteiger partial charge < -0.3 is 16.0 Å². The van der Waals surface area contributed by atoms with E-state index in [0.29, 0.717) is 11.4 Å². The smallest absolute Gasteiger partial charge is 0.256 e. The topological polar surface area (TPSA) is 77.9 Å². The number of hydrogen-bond acceptors (Lipinski definition) is 4. The van der Waals surface area contributed by atoms with Crippen LogP contribution >= 0.6 is 0 Å². The summed E-state index contributed by atoms with van der Waals surface area (Å²) in [5.41, 5.74) is 3.42. The third-order valence-corrected chi connectivity index (χ3v) is 3.82. The molecule has 5 heteroatoms. The van der Waals surface area contributed by atoms with Crippen molar-refractivity contribution in [1.82, 2.24) is 15.6 Å². The molecule has 25 heavy (non-hydrogen) atoms. The fourth-order valence-corrected chi connectivity index (χ4v) is 2.52. The number of allylic oxidation sites excluding steroid dienone is 1. The summed E-state index contributed by atoms with van der Waals surface area (Å²) in [6, 6.07) is 17.5. The van der Waals surface area contributed by atoms with E-state index in [4.69, 9.17) is 5.41 Å². The van der Waals surface area contributed by atoms with Gasteiger partial charge in [0.1, 0.15) is 5.82 Å². The molecule has 0 bridgehead atoms. The molecule has 3 aromatic rings. The molecule has 0 unspecified atom stereocenters. The Hall–Kier alpha value is -3.47. The fourth-order valence-electron chi connectivity index (χ4n) is 2.52. The fraction of sp³-hybridized carbons (Fsp3) is 0.0500. The molecule has 0 fully saturated rings. The molecule has 2 aromatic carbocycles. The van der Waals surface area contributed by atoms with Crippen LogP contribution in [0, 0.1) is 5.41 Å². The summed E-state index contributed by atoms with van der Waals surface area (Å²) in [5, 5.41) is 13.6.